The molecule has 1 heteroatoms. The first-order chi connectivity index (χ1) is 5.24. The van der Waals surface area contributed by atoms with E-state index in [-0.39, 0.29) is 5.92 Å². The number of nitrogens with zero attached hydrogens (tertiary/aromatic N) is 1. The van der Waals surface area contributed by atoms with Crippen LogP contribution in [0.1, 0.15) is 46.5 Å². The van der Waals surface area contributed by atoms with Gasteiger partial charge in [0.25, 0.3) is 0 Å². The van der Waals surface area contributed by atoms with Gasteiger partial charge in [0.15, 0.2) is 0 Å². The minimum absolute atomic E-state index is 0.242. The van der Waals surface area contributed by atoms with E-state index in [1.54, 1.807) is 0 Å². The van der Waals surface area contributed by atoms with Crippen molar-refractivity contribution in [1.29, 1.82) is 5.26 Å². The summed E-state index contributed by atoms with van der Waals surface area (Å²) in [6.45, 7) is 6.43. The molecule has 0 fully saturated rings. The molecule has 0 saturated carbocycles. The zero-order valence-electron chi connectivity index (χ0n) is 7.93. The molecule has 0 radical (unpaired) electrons. The maximum atomic E-state index is 8.60. The lowest BCUT2D eigenvalue weighted by Gasteiger charge is -2.13. The summed E-state index contributed by atoms with van der Waals surface area (Å²) in [5.74, 6) is 1.01. The normalized spacial score (nSPS) is 15.5. The molecule has 2 unspecified atom stereocenters. The van der Waals surface area contributed by atoms with Crippen molar-refractivity contribution in [3.8, 4) is 6.07 Å². The molecule has 0 aromatic carbocycles. The average molecular weight is 153 g/mol. The van der Waals surface area contributed by atoms with Gasteiger partial charge in [-0.3, -0.25) is 0 Å². The highest BCUT2D eigenvalue weighted by Gasteiger charge is 2.09. The van der Waals surface area contributed by atoms with Crippen LogP contribution in [0.3, 0.4) is 0 Å². The van der Waals surface area contributed by atoms with Crippen LogP contribution >= 0.6 is 0 Å². The van der Waals surface area contributed by atoms with Crippen molar-refractivity contribution in [3.05, 3.63) is 0 Å². The van der Waals surface area contributed by atoms with E-state index in [2.05, 4.69) is 19.9 Å². The van der Waals surface area contributed by atoms with E-state index in [1.165, 1.54) is 19.3 Å². The van der Waals surface area contributed by atoms with Gasteiger partial charge in [-0.15, -0.1) is 0 Å². The van der Waals surface area contributed by atoms with Gasteiger partial charge in [-0.1, -0.05) is 33.1 Å². The molecule has 0 aliphatic carbocycles. The molecule has 64 valence electrons. The predicted octanol–water partition coefficient (Wildman–Crippen LogP) is 3.36. The summed E-state index contributed by atoms with van der Waals surface area (Å²) < 4.78 is 0. The third-order valence-corrected chi connectivity index (χ3v) is 2.18. The van der Waals surface area contributed by atoms with E-state index in [4.69, 9.17) is 5.26 Å². The fourth-order valence-electron chi connectivity index (χ4n) is 1.45. The Kier molecular flexibility index (Phi) is 5.93. The van der Waals surface area contributed by atoms with Crippen LogP contribution in [0.15, 0.2) is 0 Å². The molecule has 0 aromatic heterocycles. The van der Waals surface area contributed by atoms with Crippen LogP contribution in [0.2, 0.25) is 0 Å². The molecule has 0 spiro atoms. The SMILES string of the molecule is CCCC(CC)CC(C)C#N. The Balaban J connectivity index is 3.60. The zero-order chi connectivity index (χ0) is 8.69. The lowest BCUT2D eigenvalue weighted by atomic mass is 9.91. The van der Waals surface area contributed by atoms with E-state index >= 15 is 0 Å². The van der Waals surface area contributed by atoms with E-state index in [1.807, 2.05) is 6.92 Å². The Morgan fingerprint density at radius 2 is 2.00 bits per heavy atom. The fourth-order valence-corrected chi connectivity index (χ4v) is 1.45. The Morgan fingerprint density at radius 3 is 2.36 bits per heavy atom. The predicted molar refractivity (Wildman–Crippen MR) is 48.1 cm³/mol. The topological polar surface area (TPSA) is 23.8 Å². The molecule has 0 saturated heterocycles. The van der Waals surface area contributed by atoms with Crippen LogP contribution in [0, 0.1) is 23.2 Å². The maximum Gasteiger partial charge on any atom is 0.0652 e. The van der Waals surface area contributed by atoms with Gasteiger partial charge in [-0.05, 0) is 19.3 Å². The highest BCUT2D eigenvalue weighted by atomic mass is 14.3. The van der Waals surface area contributed by atoms with Gasteiger partial charge in [0.2, 0.25) is 0 Å². The van der Waals surface area contributed by atoms with Crippen molar-refractivity contribution in [2.45, 2.75) is 46.5 Å². The molecule has 11 heavy (non-hydrogen) atoms. The van der Waals surface area contributed by atoms with E-state index in [9.17, 15) is 0 Å². The second kappa shape index (κ2) is 6.22. The van der Waals surface area contributed by atoms with Crippen LogP contribution in [-0.2, 0) is 0 Å². The smallest absolute Gasteiger partial charge is 0.0652 e. The lowest BCUT2D eigenvalue weighted by molar-refractivity contribution is 0.394. The Bertz CT molecular complexity index is 123. The van der Waals surface area contributed by atoms with Crippen molar-refractivity contribution in [3.63, 3.8) is 0 Å². The molecule has 0 N–H and O–H groups in total. The van der Waals surface area contributed by atoms with Gasteiger partial charge in [0.1, 0.15) is 0 Å². The van der Waals surface area contributed by atoms with Crippen molar-refractivity contribution < 1.29 is 0 Å². The van der Waals surface area contributed by atoms with Gasteiger partial charge in [0, 0.05) is 5.92 Å². The summed E-state index contributed by atoms with van der Waals surface area (Å²) in [7, 11) is 0. The second-order valence-electron chi connectivity index (χ2n) is 3.33. The van der Waals surface area contributed by atoms with Crippen molar-refractivity contribution in [1.82, 2.24) is 0 Å². The van der Waals surface area contributed by atoms with Crippen LogP contribution in [0.5, 0.6) is 0 Å². The monoisotopic (exact) mass is 153 g/mol. The molecular weight excluding hydrogens is 134 g/mol. The third-order valence-electron chi connectivity index (χ3n) is 2.18. The molecule has 0 rings (SSSR count). The number of rotatable bonds is 5. The van der Waals surface area contributed by atoms with Gasteiger partial charge in [0.05, 0.1) is 6.07 Å². The molecule has 0 bridgehead atoms. The molecule has 0 aliphatic heterocycles. The van der Waals surface area contributed by atoms with Crippen molar-refractivity contribution in [2.24, 2.45) is 11.8 Å². The molecule has 1 nitrogen and oxygen atoms in total. The summed E-state index contributed by atoms with van der Waals surface area (Å²) >= 11 is 0. The van der Waals surface area contributed by atoms with E-state index < -0.39 is 0 Å². The Labute approximate surface area is 70.4 Å². The first-order valence-electron chi connectivity index (χ1n) is 4.64. The maximum absolute atomic E-state index is 8.60. The summed E-state index contributed by atoms with van der Waals surface area (Å²) in [5.41, 5.74) is 0. The van der Waals surface area contributed by atoms with Gasteiger partial charge in [-0.2, -0.15) is 5.26 Å². The van der Waals surface area contributed by atoms with Gasteiger partial charge < -0.3 is 0 Å². The van der Waals surface area contributed by atoms with Gasteiger partial charge in [-0.25, -0.2) is 0 Å². The summed E-state index contributed by atoms with van der Waals surface area (Å²) in [5, 5.41) is 8.60. The molecule has 0 amide bonds. The van der Waals surface area contributed by atoms with E-state index in [0.717, 1.165) is 12.3 Å². The minimum atomic E-state index is 0.242. The summed E-state index contributed by atoms with van der Waals surface area (Å²) in [4.78, 5) is 0. The highest BCUT2D eigenvalue weighted by molar-refractivity contribution is 4.80. The van der Waals surface area contributed by atoms with Crippen molar-refractivity contribution >= 4 is 0 Å². The Hall–Kier alpha value is -0.510. The first-order valence-corrected chi connectivity index (χ1v) is 4.64. The van der Waals surface area contributed by atoms with Crippen LogP contribution in [0.4, 0.5) is 0 Å². The lowest BCUT2D eigenvalue weighted by Crippen LogP contribution is -2.03. The second-order valence-corrected chi connectivity index (χ2v) is 3.33. The molecule has 0 aliphatic rings. The number of hydrogen-bond acceptors (Lipinski definition) is 1. The zero-order valence-corrected chi connectivity index (χ0v) is 7.93. The Morgan fingerprint density at radius 1 is 1.36 bits per heavy atom. The largest absolute Gasteiger partial charge is 0.198 e. The molecule has 2 atom stereocenters. The highest BCUT2D eigenvalue weighted by Crippen LogP contribution is 2.19. The summed E-state index contributed by atoms with van der Waals surface area (Å²) in [6, 6.07) is 2.29. The van der Waals surface area contributed by atoms with Crippen LogP contribution < -0.4 is 0 Å². The quantitative estimate of drug-likeness (QED) is 0.594. The fraction of sp³-hybridized carbons (Fsp3) is 0.900. The number of hydrogen-bond donors (Lipinski definition) is 0. The summed E-state index contributed by atoms with van der Waals surface area (Å²) in [6.07, 6.45) is 4.83. The number of nitriles is 1. The van der Waals surface area contributed by atoms with Gasteiger partial charge >= 0.3 is 0 Å². The molecule has 0 aromatic rings. The van der Waals surface area contributed by atoms with Crippen LogP contribution in [-0.4, -0.2) is 0 Å². The van der Waals surface area contributed by atoms with Crippen molar-refractivity contribution in [2.75, 3.05) is 0 Å². The first kappa shape index (κ1) is 10.5. The molecule has 0 heterocycles. The minimum Gasteiger partial charge on any atom is -0.198 e. The standard InChI is InChI=1S/C10H19N/c1-4-6-10(5-2)7-9(3)8-11/h9-10H,4-7H2,1-3H3. The van der Waals surface area contributed by atoms with Crippen LogP contribution in [0.25, 0.3) is 0 Å². The molecular formula is C10H19N. The van der Waals surface area contributed by atoms with E-state index in [0.29, 0.717) is 0 Å². The third kappa shape index (κ3) is 4.84. The average Bonchev–Trinajstić information content (AvgIpc) is 2.03.